The highest BCUT2D eigenvalue weighted by Gasteiger charge is 2.12. The molecule has 102 valence electrons. The van der Waals surface area contributed by atoms with Crippen molar-refractivity contribution in [3.8, 4) is 0 Å². The summed E-state index contributed by atoms with van der Waals surface area (Å²) in [5, 5.41) is 9.85. The molecule has 2 aromatic heterocycles. The van der Waals surface area contributed by atoms with E-state index in [1.165, 1.54) is 18.9 Å². The Labute approximate surface area is 114 Å². The number of rotatable bonds is 5. The van der Waals surface area contributed by atoms with Gasteiger partial charge in [0.1, 0.15) is 5.76 Å². The monoisotopic (exact) mass is 282 g/mol. The number of aromatic nitrogens is 2. The molecule has 0 spiro atoms. The summed E-state index contributed by atoms with van der Waals surface area (Å²) in [5.74, 6) is 0.913. The molecule has 0 amide bonds. The third-order valence-electron chi connectivity index (χ3n) is 2.60. The lowest BCUT2D eigenvalue weighted by molar-refractivity contribution is 0.0563. The number of carbonyl (C=O) groups excluding carboxylic acids is 1. The van der Waals surface area contributed by atoms with Crippen LogP contribution in [0.3, 0.4) is 0 Å². The number of ether oxygens (including phenoxy) is 1. The number of nitrogens with zero attached hydrogens (tertiary/aromatic N) is 2. The van der Waals surface area contributed by atoms with Gasteiger partial charge in [-0.05, 0) is 12.1 Å². The molecule has 0 unspecified atom stereocenters. The Kier molecular flexibility index (Phi) is 4.28. The normalized spacial score (nSPS) is 10.7. The summed E-state index contributed by atoms with van der Waals surface area (Å²) in [6.07, 6.45) is 1.63. The zero-order valence-corrected chi connectivity index (χ0v) is 11.4. The number of esters is 1. The van der Waals surface area contributed by atoms with Crippen molar-refractivity contribution in [3.05, 3.63) is 35.5 Å². The average molecular weight is 282 g/mol. The molecule has 0 saturated heterocycles. The maximum absolute atomic E-state index is 11.2. The van der Waals surface area contributed by atoms with Crippen molar-refractivity contribution in [2.45, 2.75) is 17.5 Å². The minimum Gasteiger partial charge on any atom is -0.463 e. The van der Waals surface area contributed by atoms with Gasteiger partial charge >= 0.3 is 5.97 Å². The summed E-state index contributed by atoms with van der Waals surface area (Å²) in [7, 11) is 3.15. The van der Waals surface area contributed by atoms with Gasteiger partial charge in [-0.2, -0.15) is 0 Å². The summed E-state index contributed by atoms with van der Waals surface area (Å²) in [5.41, 5.74) is 0.747. The molecule has 0 radical (unpaired) electrons. The Morgan fingerprint density at radius 3 is 3.00 bits per heavy atom. The topological polar surface area (TPSA) is 77.5 Å². The summed E-state index contributed by atoms with van der Waals surface area (Å²) in [6, 6.07) is 3.31. The number of aliphatic hydroxyl groups excluding tert-OH is 1. The SMILES string of the molecule is COC(=O)c1ccc(CSc2ncc(CO)n2C)o1. The molecule has 0 aliphatic carbocycles. The molecule has 2 rings (SSSR count). The second-order valence-electron chi connectivity index (χ2n) is 3.80. The zero-order chi connectivity index (χ0) is 13.8. The molecule has 0 saturated carbocycles. The quantitative estimate of drug-likeness (QED) is 0.663. The fourth-order valence-corrected chi connectivity index (χ4v) is 2.37. The molecular weight excluding hydrogens is 268 g/mol. The van der Waals surface area contributed by atoms with Gasteiger partial charge in [-0.25, -0.2) is 9.78 Å². The molecule has 0 aromatic carbocycles. The minimum atomic E-state index is -0.490. The van der Waals surface area contributed by atoms with Gasteiger partial charge in [0.05, 0.1) is 31.4 Å². The van der Waals surface area contributed by atoms with Crippen molar-refractivity contribution in [2.24, 2.45) is 7.05 Å². The first-order valence-electron chi connectivity index (χ1n) is 5.57. The van der Waals surface area contributed by atoms with E-state index in [2.05, 4.69) is 9.72 Å². The first-order chi connectivity index (χ1) is 9.15. The lowest BCUT2D eigenvalue weighted by atomic mass is 10.4. The summed E-state index contributed by atoms with van der Waals surface area (Å²) in [6.45, 7) is -0.0443. The van der Waals surface area contributed by atoms with Crippen LogP contribution in [0.15, 0.2) is 27.9 Å². The van der Waals surface area contributed by atoms with Gasteiger partial charge in [-0.15, -0.1) is 0 Å². The Morgan fingerprint density at radius 1 is 1.58 bits per heavy atom. The maximum Gasteiger partial charge on any atom is 0.373 e. The van der Waals surface area contributed by atoms with Crippen LogP contribution in [0.1, 0.15) is 22.0 Å². The highest BCUT2D eigenvalue weighted by Crippen LogP contribution is 2.23. The van der Waals surface area contributed by atoms with E-state index in [-0.39, 0.29) is 12.4 Å². The molecule has 19 heavy (non-hydrogen) atoms. The molecule has 1 N–H and O–H groups in total. The Morgan fingerprint density at radius 2 is 2.37 bits per heavy atom. The molecule has 0 bridgehead atoms. The highest BCUT2D eigenvalue weighted by molar-refractivity contribution is 7.98. The molecule has 6 nitrogen and oxygen atoms in total. The summed E-state index contributed by atoms with van der Waals surface area (Å²) >= 11 is 1.46. The summed E-state index contributed by atoms with van der Waals surface area (Å²) in [4.78, 5) is 15.4. The number of furan rings is 1. The standard InChI is InChI=1S/C12H14N2O4S/c1-14-8(6-15)5-13-12(14)19-7-9-3-4-10(18-9)11(16)17-2/h3-5,15H,6-7H2,1-2H3. The van der Waals surface area contributed by atoms with Crippen LogP contribution in [0, 0.1) is 0 Å². The first-order valence-corrected chi connectivity index (χ1v) is 6.55. The van der Waals surface area contributed by atoms with Crippen LogP contribution in [-0.2, 0) is 24.1 Å². The second kappa shape index (κ2) is 5.94. The van der Waals surface area contributed by atoms with Crippen LogP contribution in [0.4, 0.5) is 0 Å². The molecule has 2 heterocycles. The van der Waals surface area contributed by atoms with Crippen molar-refractivity contribution in [1.82, 2.24) is 9.55 Å². The van der Waals surface area contributed by atoms with Crippen LogP contribution < -0.4 is 0 Å². The fourth-order valence-electron chi connectivity index (χ4n) is 1.51. The van der Waals surface area contributed by atoms with Crippen LogP contribution in [0.5, 0.6) is 0 Å². The van der Waals surface area contributed by atoms with E-state index in [1.807, 2.05) is 11.6 Å². The Hall–Kier alpha value is -1.73. The van der Waals surface area contributed by atoms with Gasteiger partial charge < -0.3 is 18.8 Å². The van der Waals surface area contributed by atoms with Gasteiger partial charge in [0, 0.05) is 7.05 Å². The fraction of sp³-hybridized carbons (Fsp3) is 0.333. The second-order valence-corrected chi connectivity index (χ2v) is 4.74. The van der Waals surface area contributed by atoms with Gasteiger partial charge in [0.25, 0.3) is 0 Å². The van der Waals surface area contributed by atoms with Crippen LogP contribution in [0.25, 0.3) is 0 Å². The van der Waals surface area contributed by atoms with Crippen molar-refractivity contribution < 1.29 is 19.1 Å². The predicted molar refractivity (Wildman–Crippen MR) is 68.7 cm³/mol. The van der Waals surface area contributed by atoms with E-state index in [1.54, 1.807) is 18.3 Å². The molecule has 0 aliphatic rings. The van der Waals surface area contributed by atoms with E-state index < -0.39 is 5.97 Å². The molecule has 0 atom stereocenters. The van der Waals surface area contributed by atoms with E-state index in [9.17, 15) is 4.79 Å². The number of carbonyl (C=O) groups is 1. The number of thioether (sulfide) groups is 1. The van der Waals surface area contributed by atoms with E-state index >= 15 is 0 Å². The highest BCUT2D eigenvalue weighted by atomic mass is 32.2. The van der Waals surface area contributed by atoms with Gasteiger partial charge in [0.15, 0.2) is 5.16 Å². The summed E-state index contributed by atoms with van der Waals surface area (Å²) < 4.78 is 11.7. The third kappa shape index (κ3) is 2.99. The van der Waals surface area contributed by atoms with Crippen LogP contribution in [-0.4, -0.2) is 27.7 Å². The molecular formula is C12H14N2O4S. The largest absolute Gasteiger partial charge is 0.463 e. The minimum absolute atomic E-state index is 0.0443. The zero-order valence-electron chi connectivity index (χ0n) is 10.6. The average Bonchev–Trinajstić information content (AvgIpc) is 3.02. The molecule has 7 heteroatoms. The Balaban J connectivity index is 2.00. The van der Waals surface area contributed by atoms with Gasteiger partial charge in [-0.1, -0.05) is 11.8 Å². The number of hydrogen-bond donors (Lipinski definition) is 1. The number of hydrogen-bond acceptors (Lipinski definition) is 6. The van der Waals surface area contributed by atoms with Gasteiger partial charge in [0.2, 0.25) is 5.76 Å². The van der Waals surface area contributed by atoms with Crippen molar-refractivity contribution in [3.63, 3.8) is 0 Å². The van der Waals surface area contributed by atoms with Crippen molar-refractivity contribution >= 4 is 17.7 Å². The number of aliphatic hydroxyl groups is 1. The van der Waals surface area contributed by atoms with E-state index in [0.717, 1.165) is 10.9 Å². The number of imidazole rings is 1. The maximum atomic E-state index is 11.2. The van der Waals surface area contributed by atoms with Crippen LogP contribution in [0.2, 0.25) is 0 Å². The first kappa shape index (κ1) is 13.7. The smallest absolute Gasteiger partial charge is 0.373 e. The molecule has 0 aliphatic heterocycles. The van der Waals surface area contributed by atoms with Crippen molar-refractivity contribution in [2.75, 3.05) is 7.11 Å². The molecule has 2 aromatic rings. The molecule has 0 fully saturated rings. The number of methoxy groups -OCH3 is 1. The van der Waals surface area contributed by atoms with E-state index in [0.29, 0.717) is 11.5 Å². The van der Waals surface area contributed by atoms with E-state index in [4.69, 9.17) is 9.52 Å². The lowest BCUT2D eigenvalue weighted by Crippen LogP contribution is -1.98. The van der Waals surface area contributed by atoms with Crippen LogP contribution >= 0.6 is 11.8 Å². The van der Waals surface area contributed by atoms with Crippen molar-refractivity contribution in [1.29, 1.82) is 0 Å². The third-order valence-corrected chi connectivity index (χ3v) is 3.66. The predicted octanol–water partition coefficient (Wildman–Crippen LogP) is 1.58. The Bertz CT molecular complexity index is 576. The lowest BCUT2D eigenvalue weighted by Gasteiger charge is -2.02. The van der Waals surface area contributed by atoms with Gasteiger partial charge in [-0.3, -0.25) is 0 Å².